The van der Waals surface area contributed by atoms with Gasteiger partial charge >= 0.3 is 0 Å². The second-order valence-corrected chi connectivity index (χ2v) is 8.37. The van der Waals surface area contributed by atoms with Gasteiger partial charge in [0, 0.05) is 24.8 Å². The summed E-state index contributed by atoms with van der Waals surface area (Å²) in [6.07, 6.45) is 9.46. The molecule has 1 aliphatic carbocycles. The van der Waals surface area contributed by atoms with E-state index in [0.29, 0.717) is 17.7 Å². The number of sulfone groups is 1. The number of nitrogens with one attached hydrogen (secondary N) is 2. The standard InChI is InChI=1S/C15H24N4O2S/c1-22(20,21)13-10-17-15(18-12-6-2-3-7-12)19-14(13)11-5-4-8-16-9-11/h10-12,16H,2-9H2,1H3,(H,17,18,19). The molecule has 22 heavy (non-hydrogen) atoms. The van der Waals surface area contributed by atoms with Crippen LogP contribution in [0.4, 0.5) is 5.95 Å². The number of anilines is 1. The lowest BCUT2D eigenvalue weighted by Crippen LogP contribution is -2.30. The molecule has 2 N–H and O–H groups in total. The van der Waals surface area contributed by atoms with Crippen LogP contribution in [0.3, 0.4) is 0 Å². The molecule has 122 valence electrons. The van der Waals surface area contributed by atoms with Crippen LogP contribution in [0.2, 0.25) is 0 Å². The highest BCUT2D eigenvalue weighted by Crippen LogP contribution is 2.28. The highest BCUT2D eigenvalue weighted by Gasteiger charge is 2.26. The first-order valence-corrected chi connectivity index (χ1v) is 9.97. The molecule has 0 bridgehead atoms. The van der Waals surface area contributed by atoms with Crippen LogP contribution in [0.5, 0.6) is 0 Å². The zero-order valence-corrected chi connectivity index (χ0v) is 13.8. The van der Waals surface area contributed by atoms with Crippen LogP contribution >= 0.6 is 0 Å². The average molecular weight is 324 g/mol. The minimum atomic E-state index is -3.31. The van der Waals surface area contributed by atoms with Gasteiger partial charge < -0.3 is 10.6 Å². The number of rotatable bonds is 4. The predicted molar refractivity (Wildman–Crippen MR) is 85.9 cm³/mol. The maximum Gasteiger partial charge on any atom is 0.223 e. The van der Waals surface area contributed by atoms with Crippen molar-refractivity contribution in [1.82, 2.24) is 15.3 Å². The Balaban J connectivity index is 1.90. The van der Waals surface area contributed by atoms with Gasteiger partial charge in [-0.3, -0.25) is 0 Å². The van der Waals surface area contributed by atoms with Gasteiger partial charge in [-0.15, -0.1) is 0 Å². The maximum absolute atomic E-state index is 12.0. The van der Waals surface area contributed by atoms with E-state index in [1.54, 1.807) is 0 Å². The molecule has 0 radical (unpaired) electrons. The fraction of sp³-hybridized carbons (Fsp3) is 0.733. The van der Waals surface area contributed by atoms with Gasteiger partial charge in [0.05, 0.1) is 11.9 Å². The Labute approximate surface area is 132 Å². The summed E-state index contributed by atoms with van der Waals surface area (Å²) in [6, 6.07) is 0.418. The molecule has 2 fully saturated rings. The van der Waals surface area contributed by atoms with E-state index >= 15 is 0 Å². The molecular formula is C15H24N4O2S. The molecule has 0 aromatic carbocycles. The van der Waals surface area contributed by atoms with E-state index in [4.69, 9.17) is 0 Å². The van der Waals surface area contributed by atoms with Crippen molar-refractivity contribution >= 4 is 15.8 Å². The smallest absolute Gasteiger partial charge is 0.223 e. The highest BCUT2D eigenvalue weighted by molar-refractivity contribution is 7.90. The van der Waals surface area contributed by atoms with E-state index in [2.05, 4.69) is 20.6 Å². The van der Waals surface area contributed by atoms with Gasteiger partial charge in [0.1, 0.15) is 4.90 Å². The molecule has 1 saturated heterocycles. The van der Waals surface area contributed by atoms with Crippen LogP contribution in [0.1, 0.15) is 50.1 Å². The molecule has 1 atom stereocenters. The van der Waals surface area contributed by atoms with Crippen LogP contribution < -0.4 is 10.6 Å². The largest absolute Gasteiger partial charge is 0.351 e. The molecule has 0 spiro atoms. The first-order chi connectivity index (χ1) is 10.5. The number of hydrogen-bond acceptors (Lipinski definition) is 6. The van der Waals surface area contributed by atoms with Gasteiger partial charge in [0.2, 0.25) is 5.95 Å². The predicted octanol–water partition coefficient (Wildman–Crippen LogP) is 1.70. The van der Waals surface area contributed by atoms with Crippen molar-refractivity contribution in [3.8, 4) is 0 Å². The van der Waals surface area contributed by atoms with Crippen LogP contribution in [0.25, 0.3) is 0 Å². The molecule has 6 nitrogen and oxygen atoms in total. The first kappa shape index (κ1) is 15.7. The topological polar surface area (TPSA) is 84.0 Å². The van der Waals surface area contributed by atoms with Gasteiger partial charge in [-0.25, -0.2) is 18.4 Å². The van der Waals surface area contributed by atoms with Crippen molar-refractivity contribution in [3.05, 3.63) is 11.9 Å². The Kier molecular flexibility index (Phi) is 4.63. The number of piperidine rings is 1. The van der Waals surface area contributed by atoms with E-state index in [-0.39, 0.29) is 10.8 Å². The van der Waals surface area contributed by atoms with Crippen molar-refractivity contribution < 1.29 is 8.42 Å². The minimum absolute atomic E-state index is 0.144. The van der Waals surface area contributed by atoms with Crippen molar-refractivity contribution in [2.75, 3.05) is 24.7 Å². The highest BCUT2D eigenvalue weighted by atomic mass is 32.2. The molecular weight excluding hydrogens is 300 g/mol. The summed E-state index contributed by atoms with van der Waals surface area (Å²) in [5.41, 5.74) is 0.671. The Morgan fingerprint density at radius 1 is 1.23 bits per heavy atom. The molecule has 1 unspecified atom stereocenters. The molecule has 1 aromatic heterocycles. The second kappa shape index (κ2) is 6.50. The van der Waals surface area contributed by atoms with Crippen molar-refractivity contribution in [3.63, 3.8) is 0 Å². The van der Waals surface area contributed by atoms with Crippen molar-refractivity contribution in [1.29, 1.82) is 0 Å². The lowest BCUT2D eigenvalue weighted by molar-refractivity contribution is 0.448. The lowest BCUT2D eigenvalue weighted by Gasteiger charge is -2.24. The van der Waals surface area contributed by atoms with Crippen LogP contribution in [-0.4, -0.2) is 43.8 Å². The van der Waals surface area contributed by atoms with Gasteiger partial charge in [-0.1, -0.05) is 12.8 Å². The van der Waals surface area contributed by atoms with Gasteiger partial charge in [-0.2, -0.15) is 0 Å². The van der Waals surface area contributed by atoms with Crippen molar-refractivity contribution in [2.45, 2.75) is 55.4 Å². The zero-order valence-electron chi connectivity index (χ0n) is 13.0. The Morgan fingerprint density at radius 2 is 2.00 bits per heavy atom. The molecule has 2 heterocycles. The maximum atomic E-state index is 12.0. The summed E-state index contributed by atoms with van der Waals surface area (Å²) in [6.45, 7) is 1.77. The monoisotopic (exact) mass is 324 g/mol. The van der Waals surface area contributed by atoms with Crippen LogP contribution in [0.15, 0.2) is 11.1 Å². The fourth-order valence-electron chi connectivity index (χ4n) is 3.37. The van der Waals surface area contributed by atoms with E-state index in [1.807, 2.05) is 0 Å². The molecule has 1 saturated carbocycles. The van der Waals surface area contributed by atoms with Gasteiger partial charge in [0.15, 0.2) is 9.84 Å². The van der Waals surface area contributed by atoms with Gasteiger partial charge in [0.25, 0.3) is 0 Å². The first-order valence-electron chi connectivity index (χ1n) is 8.08. The molecule has 2 aliphatic rings. The quantitative estimate of drug-likeness (QED) is 0.877. The Hall–Kier alpha value is -1.21. The number of hydrogen-bond donors (Lipinski definition) is 2. The molecule has 7 heteroatoms. The van der Waals surface area contributed by atoms with E-state index in [1.165, 1.54) is 25.3 Å². The van der Waals surface area contributed by atoms with Gasteiger partial charge in [-0.05, 0) is 32.2 Å². The summed E-state index contributed by atoms with van der Waals surface area (Å²) >= 11 is 0. The third-order valence-corrected chi connectivity index (χ3v) is 5.67. The SMILES string of the molecule is CS(=O)(=O)c1cnc(NC2CCCC2)nc1C1CCCNC1. The number of nitrogens with zero attached hydrogens (tertiary/aromatic N) is 2. The third kappa shape index (κ3) is 3.57. The minimum Gasteiger partial charge on any atom is -0.351 e. The second-order valence-electron chi connectivity index (χ2n) is 6.38. The lowest BCUT2D eigenvalue weighted by atomic mass is 9.96. The summed E-state index contributed by atoms with van der Waals surface area (Å²) in [5, 5.41) is 6.69. The van der Waals surface area contributed by atoms with Crippen LogP contribution in [0, 0.1) is 0 Å². The Bertz CT molecular complexity index is 620. The third-order valence-electron chi connectivity index (χ3n) is 4.55. The summed E-state index contributed by atoms with van der Waals surface area (Å²) in [5.74, 6) is 0.713. The van der Waals surface area contributed by atoms with E-state index in [0.717, 1.165) is 38.8 Å². The van der Waals surface area contributed by atoms with E-state index in [9.17, 15) is 8.42 Å². The fourth-order valence-corrected chi connectivity index (χ4v) is 4.21. The zero-order chi connectivity index (χ0) is 15.6. The molecule has 0 amide bonds. The summed E-state index contributed by atoms with van der Waals surface area (Å²) in [4.78, 5) is 9.10. The van der Waals surface area contributed by atoms with Crippen molar-refractivity contribution in [2.24, 2.45) is 0 Å². The molecule has 1 aromatic rings. The normalized spacial score (nSPS) is 23.6. The Morgan fingerprint density at radius 3 is 2.64 bits per heavy atom. The molecule has 3 rings (SSSR count). The molecule has 1 aliphatic heterocycles. The number of aromatic nitrogens is 2. The van der Waals surface area contributed by atoms with Crippen LogP contribution in [-0.2, 0) is 9.84 Å². The summed E-state index contributed by atoms with van der Waals surface area (Å²) < 4.78 is 24.1. The van der Waals surface area contributed by atoms with E-state index < -0.39 is 9.84 Å². The average Bonchev–Trinajstić information content (AvgIpc) is 3.00. The summed E-state index contributed by atoms with van der Waals surface area (Å²) in [7, 11) is -3.31.